The molecule has 0 aromatic carbocycles. The van der Waals surface area contributed by atoms with Crippen molar-refractivity contribution >= 4 is 11.9 Å². The van der Waals surface area contributed by atoms with Crippen LogP contribution < -0.4 is 0 Å². The van der Waals surface area contributed by atoms with Gasteiger partial charge in [-0.1, -0.05) is 245 Å². The number of hydrogen-bond acceptors (Lipinski definition) is 5. The van der Waals surface area contributed by atoms with Crippen LogP contribution in [0.1, 0.15) is 265 Å². The first kappa shape index (κ1) is 68.3. The highest BCUT2D eigenvalue weighted by molar-refractivity contribution is 5.70. The lowest BCUT2D eigenvalue weighted by atomic mass is 10.1. The first-order chi connectivity index (χ1) is 35.6. The zero-order valence-corrected chi connectivity index (χ0v) is 47.2. The second-order valence-corrected chi connectivity index (χ2v) is 19.5. The van der Waals surface area contributed by atoms with Gasteiger partial charge in [-0.2, -0.15) is 0 Å². The van der Waals surface area contributed by atoms with Crippen molar-refractivity contribution in [2.24, 2.45) is 0 Å². The summed E-state index contributed by atoms with van der Waals surface area (Å²) in [6, 6.07) is 0. The Bertz CT molecular complexity index is 1450. The van der Waals surface area contributed by atoms with Gasteiger partial charge >= 0.3 is 11.9 Å². The van der Waals surface area contributed by atoms with Gasteiger partial charge in [-0.25, -0.2) is 0 Å². The molecule has 0 amide bonds. The topological polar surface area (TPSA) is 61.8 Å². The third-order valence-electron chi connectivity index (χ3n) is 12.5. The van der Waals surface area contributed by atoms with Crippen LogP contribution in [0.3, 0.4) is 0 Å². The van der Waals surface area contributed by atoms with E-state index in [2.05, 4.69) is 142 Å². The van der Waals surface area contributed by atoms with Gasteiger partial charge in [0, 0.05) is 19.4 Å². The number of ether oxygens (including phenoxy) is 3. The van der Waals surface area contributed by atoms with E-state index in [0.717, 1.165) is 128 Å². The highest BCUT2D eigenvalue weighted by Gasteiger charge is 2.17. The normalized spacial score (nSPS) is 13.1. The van der Waals surface area contributed by atoms with Crippen molar-refractivity contribution in [1.82, 2.24) is 0 Å². The van der Waals surface area contributed by atoms with Crippen molar-refractivity contribution in [3.63, 3.8) is 0 Å². The van der Waals surface area contributed by atoms with E-state index >= 15 is 0 Å². The van der Waals surface area contributed by atoms with E-state index in [1.165, 1.54) is 103 Å². The number of hydrogen-bond donors (Lipinski definition) is 0. The van der Waals surface area contributed by atoms with Crippen molar-refractivity contribution in [1.29, 1.82) is 0 Å². The molecule has 0 radical (unpaired) electrons. The molecule has 0 heterocycles. The minimum Gasteiger partial charge on any atom is -0.462 e. The van der Waals surface area contributed by atoms with Gasteiger partial charge in [0.25, 0.3) is 0 Å². The second kappa shape index (κ2) is 61.6. The summed E-state index contributed by atoms with van der Waals surface area (Å²) in [5, 5.41) is 0. The van der Waals surface area contributed by atoms with Gasteiger partial charge in [0.1, 0.15) is 6.61 Å². The van der Waals surface area contributed by atoms with Crippen molar-refractivity contribution in [2.45, 2.75) is 271 Å². The Morgan fingerprint density at radius 2 is 0.625 bits per heavy atom. The zero-order chi connectivity index (χ0) is 52.0. The lowest BCUT2D eigenvalue weighted by molar-refractivity contribution is -0.163. The zero-order valence-electron chi connectivity index (χ0n) is 47.2. The average molecular weight is 998 g/mol. The van der Waals surface area contributed by atoms with Crippen molar-refractivity contribution < 1.29 is 23.8 Å². The van der Waals surface area contributed by atoms with E-state index in [-0.39, 0.29) is 25.2 Å². The monoisotopic (exact) mass is 997 g/mol. The molecular weight excluding hydrogens is 885 g/mol. The summed E-state index contributed by atoms with van der Waals surface area (Å²) in [5.41, 5.74) is 0. The first-order valence-electron chi connectivity index (χ1n) is 30.1. The molecule has 0 aromatic heterocycles. The Morgan fingerprint density at radius 1 is 0.319 bits per heavy atom. The predicted octanol–water partition coefficient (Wildman–Crippen LogP) is 20.9. The Labute approximate surface area is 446 Å². The lowest BCUT2D eigenvalue weighted by Crippen LogP contribution is -2.30. The van der Waals surface area contributed by atoms with E-state index in [1.807, 2.05) is 0 Å². The van der Waals surface area contributed by atoms with Crippen LogP contribution in [0, 0.1) is 0 Å². The van der Waals surface area contributed by atoms with Gasteiger partial charge in [-0.3, -0.25) is 9.59 Å². The second-order valence-electron chi connectivity index (χ2n) is 19.5. The van der Waals surface area contributed by atoms with Gasteiger partial charge in [0.2, 0.25) is 0 Å². The Hall–Kier alpha value is -3.70. The summed E-state index contributed by atoms with van der Waals surface area (Å²) in [6.45, 7) is 7.52. The summed E-state index contributed by atoms with van der Waals surface area (Å²) in [4.78, 5) is 25.6. The standard InChI is InChI=1S/C67H112O5/c1-4-7-10-13-16-19-22-25-28-31-33-35-38-41-44-47-50-53-56-59-62-70-63-65(72-67(69)61-58-55-52-49-46-43-40-36-30-27-24-21-18-15-12-9-6-3)64-71-66(68)60-57-54-51-48-45-42-39-37-34-32-29-26-23-20-17-14-11-8-5-2/h7,9-10,12,16-21,25-30,33,35,41,44,65H,4-6,8,11,13-15,22-24,31-32,34,36-40,42-43,45-64H2,1-3H3/b10-7-,12-9-,19-16-,20-17-,21-18-,28-25-,29-26-,30-27-,35-33-,44-41-. The number of unbranched alkanes of at least 4 members (excludes halogenated alkanes) is 23. The minimum absolute atomic E-state index is 0.0618. The molecule has 0 rings (SSSR count). The van der Waals surface area contributed by atoms with Gasteiger partial charge in [0.15, 0.2) is 6.10 Å². The van der Waals surface area contributed by atoms with E-state index in [4.69, 9.17) is 14.2 Å². The third-order valence-corrected chi connectivity index (χ3v) is 12.5. The van der Waals surface area contributed by atoms with Gasteiger partial charge in [-0.05, 0) is 128 Å². The number of carbonyl (C=O) groups excluding carboxylic acids is 2. The van der Waals surface area contributed by atoms with Crippen LogP contribution in [0.4, 0.5) is 0 Å². The fourth-order valence-electron chi connectivity index (χ4n) is 8.05. The number of rotatable bonds is 54. The van der Waals surface area contributed by atoms with Crippen LogP contribution in [-0.4, -0.2) is 37.9 Å². The summed E-state index contributed by atoms with van der Waals surface area (Å²) >= 11 is 0. The van der Waals surface area contributed by atoms with E-state index in [0.29, 0.717) is 19.4 Å². The molecule has 0 bridgehead atoms. The molecule has 1 unspecified atom stereocenters. The van der Waals surface area contributed by atoms with E-state index in [9.17, 15) is 9.59 Å². The fraction of sp³-hybridized carbons (Fsp3) is 0.672. The molecule has 0 aliphatic carbocycles. The maximum Gasteiger partial charge on any atom is 0.306 e. The summed E-state index contributed by atoms with van der Waals surface area (Å²) in [7, 11) is 0. The lowest BCUT2D eigenvalue weighted by Gasteiger charge is -2.18. The van der Waals surface area contributed by atoms with Crippen LogP contribution in [0.2, 0.25) is 0 Å². The van der Waals surface area contributed by atoms with Crippen LogP contribution in [0.25, 0.3) is 0 Å². The van der Waals surface area contributed by atoms with Crippen molar-refractivity contribution in [3.05, 3.63) is 122 Å². The maximum atomic E-state index is 12.9. The first-order valence-corrected chi connectivity index (χ1v) is 30.1. The highest BCUT2D eigenvalue weighted by atomic mass is 16.6. The van der Waals surface area contributed by atoms with Crippen LogP contribution in [0.15, 0.2) is 122 Å². The predicted molar refractivity (Wildman–Crippen MR) is 316 cm³/mol. The van der Waals surface area contributed by atoms with Gasteiger partial charge in [0.05, 0.1) is 6.61 Å². The SMILES string of the molecule is CC/C=C\C/C=C\C/C=C\C/C=C\C/C=C\CCCCCCOCC(COC(=O)CCCCCCCCCCC/C=C\C/C=C\CCCCC)OC(=O)CCCCCCCCC/C=C\C/C=C\C/C=C\CC. The molecule has 0 spiro atoms. The molecule has 0 saturated heterocycles. The molecule has 0 fully saturated rings. The highest BCUT2D eigenvalue weighted by Crippen LogP contribution is 2.14. The fourth-order valence-corrected chi connectivity index (χ4v) is 8.05. The molecule has 72 heavy (non-hydrogen) atoms. The van der Waals surface area contributed by atoms with E-state index in [1.54, 1.807) is 0 Å². The maximum absolute atomic E-state index is 12.9. The van der Waals surface area contributed by atoms with Gasteiger partial charge < -0.3 is 14.2 Å². The van der Waals surface area contributed by atoms with Crippen molar-refractivity contribution in [2.75, 3.05) is 19.8 Å². The summed E-state index contributed by atoms with van der Waals surface area (Å²) in [5.74, 6) is -0.429. The molecule has 0 saturated carbocycles. The van der Waals surface area contributed by atoms with Crippen molar-refractivity contribution in [3.8, 4) is 0 Å². The molecule has 0 aromatic rings. The molecular formula is C67H112O5. The average Bonchev–Trinajstić information content (AvgIpc) is 3.38. The minimum atomic E-state index is -0.567. The molecule has 0 N–H and O–H groups in total. The van der Waals surface area contributed by atoms with Crippen LogP contribution in [-0.2, 0) is 23.8 Å². The third kappa shape index (κ3) is 58.9. The number of allylic oxidation sites excluding steroid dienone is 20. The van der Waals surface area contributed by atoms with E-state index < -0.39 is 6.10 Å². The molecule has 1 atom stereocenters. The molecule has 410 valence electrons. The number of carbonyl (C=O) groups is 2. The Morgan fingerprint density at radius 3 is 1.00 bits per heavy atom. The smallest absolute Gasteiger partial charge is 0.306 e. The molecule has 5 nitrogen and oxygen atoms in total. The van der Waals surface area contributed by atoms with Crippen LogP contribution >= 0.6 is 0 Å². The largest absolute Gasteiger partial charge is 0.462 e. The van der Waals surface area contributed by atoms with Gasteiger partial charge in [-0.15, -0.1) is 0 Å². The summed E-state index contributed by atoms with van der Waals surface area (Å²) in [6.07, 6.45) is 86.5. The Balaban J connectivity index is 4.37. The molecule has 5 heteroatoms. The molecule has 0 aliphatic heterocycles. The quantitative estimate of drug-likeness (QED) is 0.0345. The number of esters is 2. The Kier molecular flexibility index (Phi) is 58.4. The molecule has 0 aliphatic rings. The van der Waals surface area contributed by atoms with Crippen LogP contribution in [0.5, 0.6) is 0 Å². The summed E-state index contributed by atoms with van der Waals surface area (Å²) < 4.78 is 17.5.